The van der Waals surface area contributed by atoms with Gasteiger partial charge in [0.05, 0.1) is 12.5 Å². The van der Waals surface area contributed by atoms with E-state index in [1.165, 1.54) is 11.1 Å². The standard InChI is InChI=1S/C16H20N2O/c1-13-4-2-5-14(12-13)6-9-16(19)18(11-3-10-17)15-7-8-15/h2,4-5,12,15H,3,6-9,11H2,1H3. The number of rotatable bonds is 6. The molecule has 3 heteroatoms. The fourth-order valence-electron chi connectivity index (χ4n) is 2.33. The quantitative estimate of drug-likeness (QED) is 0.785. The average Bonchev–Trinajstić information content (AvgIpc) is 3.21. The number of aryl methyl sites for hydroxylation is 2. The smallest absolute Gasteiger partial charge is 0.223 e. The van der Waals surface area contributed by atoms with Crippen molar-refractivity contribution in [3.8, 4) is 6.07 Å². The molecule has 0 aliphatic heterocycles. The molecule has 0 heterocycles. The fourth-order valence-corrected chi connectivity index (χ4v) is 2.33. The SMILES string of the molecule is Cc1cccc(CCC(=O)N(CCC#N)C2CC2)c1. The Bertz CT molecular complexity index is 486. The zero-order valence-corrected chi connectivity index (χ0v) is 11.4. The van der Waals surface area contributed by atoms with Crippen LogP contribution in [0.25, 0.3) is 0 Å². The third kappa shape index (κ3) is 4.10. The minimum Gasteiger partial charge on any atom is -0.339 e. The number of nitriles is 1. The van der Waals surface area contributed by atoms with Crippen LogP contribution in [0.3, 0.4) is 0 Å². The van der Waals surface area contributed by atoms with Gasteiger partial charge in [-0.1, -0.05) is 29.8 Å². The van der Waals surface area contributed by atoms with Crippen molar-refractivity contribution in [3.63, 3.8) is 0 Å². The molecule has 1 amide bonds. The number of amides is 1. The van der Waals surface area contributed by atoms with Crippen LogP contribution in [0.2, 0.25) is 0 Å². The second kappa shape index (κ2) is 6.38. The molecule has 0 N–H and O–H groups in total. The summed E-state index contributed by atoms with van der Waals surface area (Å²) in [6.45, 7) is 2.66. The zero-order valence-electron chi connectivity index (χ0n) is 11.4. The summed E-state index contributed by atoms with van der Waals surface area (Å²) in [7, 11) is 0. The van der Waals surface area contributed by atoms with Crippen molar-refractivity contribution in [2.45, 2.75) is 45.1 Å². The Hall–Kier alpha value is -1.82. The lowest BCUT2D eigenvalue weighted by atomic mass is 10.1. The largest absolute Gasteiger partial charge is 0.339 e. The lowest BCUT2D eigenvalue weighted by Crippen LogP contribution is -2.34. The third-order valence-corrected chi connectivity index (χ3v) is 3.48. The predicted octanol–water partition coefficient (Wildman–Crippen LogP) is 2.83. The molecule has 0 atom stereocenters. The maximum atomic E-state index is 12.2. The van der Waals surface area contributed by atoms with Crippen LogP contribution in [0.5, 0.6) is 0 Å². The Balaban J connectivity index is 1.87. The normalized spacial score (nSPS) is 13.9. The molecular formula is C16H20N2O. The average molecular weight is 256 g/mol. The highest BCUT2D eigenvalue weighted by molar-refractivity contribution is 5.77. The molecule has 0 bridgehead atoms. The summed E-state index contributed by atoms with van der Waals surface area (Å²) in [5.74, 6) is 0.194. The van der Waals surface area contributed by atoms with Crippen LogP contribution >= 0.6 is 0 Å². The Morgan fingerprint density at radius 3 is 2.89 bits per heavy atom. The van der Waals surface area contributed by atoms with E-state index in [0.717, 1.165) is 19.3 Å². The van der Waals surface area contributed by atoms with E-state index < -0.39 is 0 Å². The van der Waals surface area contributed by atoms with Gasteiger partial charge in [-0.3, -0.25) is 4.79 Å². The van der Waals surface area contributed by atoms with Crippen molar-refractivity contribution in [2.24, 2.45) is 0 Å². The summed E-state index contributed by atoms with van der Waals surface area (Å²) < 4.78 is 0. The monoisotopic (exact) mass is 256 g/mol. The highest BCUT2D eigenvalue weighted by atomic mass is 16.2. The van der Waals surface area contributed by atoms with E-state index >= 15 is 0 Å². The van der Waals surface area contributed by atoms with Crippen molar-refractivity contribution in [1.82, 2.24) is 4.90 Å². The molecule has 1 fully saturated rings. The molecule has 19 heavy (non-hydrogen) atoms. The van der Waals surface area contributed by atoms with Crippen LogP contribution in [0, 0.1) is 18.3 Å². The molecule has 1 saturated carbocycles. The summed E-state index contributed by atoms with van der Waals surface area (Å²) in [4.78, 5) is 14.1. The van der Waals surface area contributed by atoms with Gasteiger partial charge in [0.15, 0.2) is 0 Å². The van der Waals surface area contributed by atoms with Crippen molar-refractivity contribution in [2.75, 3.05) is 6.54 Å². The molecule has 1 aliphatic rings. The molecule has 2 rings (SSSR count). The lowest BCUT2D eigenvalue weighted by molar-refractivity contribution is -0.131. The predicted molar refractivity (Wildman–Crippen MR) is 74.5 cm³/mol. The summed E-state index contributed by atoms with van der Waals surface area (Å²) in [5.41, 5.74) is 2.44. The molecule has 0 radical (unpaired) electrons. The molecule has 0 saturated heterocycles. The van der Waals surface area contributed by atoms with Gasteiger partial charge in [-0.2, -0.15) is 5.26 Å². The van der Waals surface area contributed by atoms with E-state index in [4.69, 9.17) is 5.26 Å². The van der Waals surface area contributed by atoms with E-state index in [0.29, 0.717) is 25.4 Å². The first-order valence-electron chi connectivity index (χ1n) is 6.92. The molecule has 100 valence electrons. The van der Waals surface area contributed by atoms with Gasteiger partial charge in [-0.05, 0) is 31.7 Å². The minimum atomic E-state index is 0.194. The van der Waals surface area contributed by atoms with Gasteiger partial charge in [0.1, 0.15) is 0 Å². The van der Waals surface area contributed by atoms with E-state index in [1.807, 2.05) is 11.0 Å². The fraction of sp³-hybridized carbons (Fsp3) is 0.500. The topological polar surface area (TPSA) is 44.1 Å². The molecule has 1 aromatic rings. The highest BCUT2D eigenvalue weighted by Crippen LogP contribution is 2.27. The Morgan fingerprint density at radius 1 is 1.47 bits per heavy atom. The van der Waals surface area contributed by atoms with E-state index in [2.05, 4.69) is 31.2 Å². The molecule has 0 aromatic heterocycles. The molecule has 0 spiro atoms. The number of nitrogens with zero attached hydrogens (tertiary/aromatic N) is 2. The van der Waals surface area contributed by atoms with Gasteiger partial charge in [0.2, 0.25) is 5.91 Å². The maximum Gasteiger partial charge on any atom is 0.223 e. The number of carbonyl (C=O) groups excluding carboxylic acids is 1. The van der Waals surface area contributed by atoms with Gasteiger partial charge < -0.3 is 4.90 Å². The van der Waals surface area contributed by atoms with Crippen LogP contribution in [0.15, 0.2) is 24.3 Å². The first kappa shape index (κ1) is 13.6. The van der Waals surface area contributed by atoms with Crippen LogP contribution in [-0.4, -0.2) is 23.4 Å². The van der Waals surface area contributed by atoms with Crippen molar-refractivity contribution < 1.29 is 4.79 Å². The van der Waals surface area contributed by atoms with Crippen LogP contribution in [0.1, 0.15) is 36.8 Å². The van der Waals surface area contributed by atoms with Crippen LogP contribution in [0.4, 0.5) is 0 Å². The Kier molecular flexibility index (Phi) is 4.57. The van der Waals surface area contributed by atoms with Crippen molar-refractivity contribution in [1.29, 1.82) is 5.26 Å². The summed E-state index contributed by atoms with van der Waals surface area (Å²) in [6, 6.07) is 10.8. The Labute approximate surface area is 114 Å². The minimum absolute atomic E-state index is 0.194. The van der Waals surface area contributed by atoms with Crippen LogP contribution < -0.4 is 0 Å². The lowest BCUT2D eigenvalue weighted by Gasteiger charge is -2.21. The maximum absolute atomic E-state index is 12.2. The summed E-state index contributed by atoms with van der Waals surface area (Å²) >= 11 is 0. The summed E-state index contributed by atoms with van der Waals surface area (Å²) in [5, 5.41) is 8.65. The van der Waals surface area contributed by atoms with Crippen LogP contribution in [-0.2, 0) is 11.2 Å². The first-order valence-corrected chi connectivity index (χ1v) is 6.92. The van der Waals surface area contributed by atoms with E-state index in [-0.39, 0.29) is 5.91 Å². The Morgan fingerprint density at radius 2 is 2.26 bits per heavy atom. The number of hydrogen-bond acceptors (Lipinski definition) is 2. The highest BCUT2D eigenvalue weighted by Gasteiger charge is 2.31. The first-order chi connectivity index (χ1) is 9.20. The van der Waals surface area contributed by atoms with E-state index in [9.17, 15) is 4.79 Å². The van der Waals surface area contributed by atoms with Gasteiger partial charge in [0.25, 0.3) is 0 Å². The van der Waals surface area contributed by atoms with Gasteiger partial charge in [-0.25, -0.2) is 0 Å². The molecule has 3 nitrogen and oxygen atoms in total. The molecular weight excluding hydrogens is 236 g/mol. The molecule has 0 unspecified atom stereocenters. The number of carbonyl (C=O) groups is 1. The van der Waals surface area contributed by atoms with E-state index in [1.54, 1.807) is 0 Å². The second-order valence-corrected chi connectivity index (χ2v) is 5.22. The van der Waals surface area contributed by atoms with Gasteiger partial charge in [0, 0.05) is 19.0 Å². The number of hydrogen-bond donors (Lipinski definition) is 0. The molecule has 1 aliphatic carbocycles. The van der Waals surface area contributed by atoms with Crippen molar-refractivity contribution >= 4 is 5.91 Å². The van der Waals surface area contributed by atoms with Gasteiger partial charge in [-0.15, -0.1) is 0 Å². The second-order valence-electron chi connectivity index (χ2n) is 5.22. The number of benzene rings is 1. The van der Waals surface area contributed by atoms with Crippen molar-refractivity contribution in [3.05, 3.63) is 35.4 Å². The van der Waals surface area contributed by atoms with Gasteiger partial charge >= 0.3 is 0 Å². The zero-order chi connectivity index (χ0) is 13.7. The third-order valence-electron chi connectivity index (χ3n) is 3.48. The summed E-state index contributed by atoms with van der Waals surface area (Å²) in [6.07, 6.45) is 3.97. The molecule has 1 aromatic carbocycles.